The van der Waals surface area contributed by atoms with Crippen molar-refractivity contribution in [2.75, 3.05) is 12.9 Å². The fourth-order valence-corrected chi connectivity index (χ4v) is 3.12. The second-order valence-corrected chi connectivity index (χ2v) is 5.03. The highest BCUT2D eigenvalue weighted by molar-refractivity contribution is 9.10. The van der Waals surface area contributed by atoms with Crippen LogP contribution in [-0.2, 0) is 28.8 Å². The van der Waals surface area contributed by atoms with Crippen molar-refractivity contribution in [1.82, 2.24) is 9.78 Å². The number of rotatable bonds is 5. The van der Waals surface area contributed by atoms with E-state index in [0.29, 0.717) is 5.75 Å². The molecule has 6 heteroatoms. The van der Waals surface area contributed by atoms with Crippen LogP contribution in [0.1, 0.15) is 18.3 Å². The summed E-state index contributed by atoms with van der Waals surface area (Å²) in [6.45, 7) is 2.07. The van der Waals surface area contributed by atoms with Gasteiger partial charge in [-0.25, -0.2) is 0 Å². The van der Waals surface area contributed by atoms with Gasteiger partial charge in [-0.2, -0.15) is 5.10 Å². The molecular weight excluding hydrogens is 292 g/mol. The molecule has 0 atom stereocenters. The van der Waals surface area contributed by atoms with E-state index in [9.17, 15) is 4.79 Å². The number of carbonyl (C=O) groups is 1. The largest absolute Gasteiger partial charge is 0.468 e. The van der Waals surface area contributed by atoms with Gasteiger partial charge in [-0.05, 0) is 22.4 Å². The first kappa shape index (κ1) is 13.6. The summed E-state index contributed by atoms with van der Waals surface area (Å²) in [4.78, 5) is 11.0. The Bertz CT molecular complexity index is 379. The molecule has 1 aromatic heterocycles. The number of aromatic nitrogens is 2. The molecule has 0 bridgehead atoms. The van der Waals surface area contributed by atoms with Crippen LogP contribution in [-0.4, -0.2) is 28.6 Å². The topological polar surface area (TPSA) is 44.1 Å². The fourth-order valence-electron chi connectivity index (χ4n) is 1.27. The lowest BCUT2D eigenvalue weighted by molar-refractivity contribution is -0.137. The predicted molar refractivity (Wildman–Crippen MR) is 68.5 cm³/mol. The van der Waals surface area contributed by atoms with Gasteiger partial charge >= 0.3 is 5.97 Å². The van der Waals surface area contributed by atoms with Crippen LogP contribution in [0.25, 0.3) is 0 Å². The molecule has 0 saturated carbocycles. The van der Waals surface area contributed by atoms with Crippen LogP contribution in [0.2, 0.25) is 0 Å². The summed E-state index contributed by atoms with van der Waals surface area (Å²) in [7, 11) is 3.32. The Morgan fingerprint density at radius 1 is 1.62 bits per heavy atom. The molecule has 0 saturated heterocycles. The van der Waals surface area contributed by atoms with Crippen LogP contribution in [0.3, 0.4) is 0 Å². The van der Waals surface area contributed by atoms with Crippen LogP contribution >= 0.6 is 27.7 Å². The first-order chi connectivity index (χ1) is 7.60. The van der Waals surface area contributed by atoms with Gasteiger partial charge in [0.2, 0.25) is 0 Å². The number of methoxy groups -OCH3 is 1. The maximum absolute atomic E-state index is 11.0. The van der Waals surface area contributed by atoms with Crippen molar-refractivity contribution in [3.63, 3.8) is 0 Å². The van der Waals surface area contributed by atoms with E-state index in [1.165, 1.54) is 18.9 Å². The maximum Gasteiger partial charge on any atom is 0.315 e. The molecule has 0 fully saturated rings. The van der Waals surface area contributed by atoms with Crippen molar-refractivity contribution in [2.45, 2.75) is 19.1 Å². The summed E-state index contributed by atoms with van der Waals surface area (Å²) in [5.41, 5.74) is 2.15. The monoisotopic (exact) mass is 306 g/mol. The normalized spacial score (nSPS) is 10.5. The Morgan fingerprint density at radius 2 is 2.31 bits per heavy atom. The van der Waals surface area contributed by atoms with Gasteiger partial charge in [0, 0.05) is 12.8 Å². The number of thioether (sulfide) groups is 1. The standard InChI is InChI=1S/C10H15BrN2O2S/c1-4-7-10(11)8(13(2)12-7)5-16-6-9(14)15-3/h4-6H2,1-3H3. The summed E-state index contributed by atoms with van der Waals surface area (Å²) in [6, 6.07) is 0. The lowest BCUT2D eigenvalue weighted by Gasteiger charge is -2.02. The van der Waals surface area contributed by atoms with Crippen LogP contribution in [0.15, 0.2) is 4.47 Å². The molecule has 1 aromatic rings. The van der Waals surface area contributed by atoms with Crippen molar-refractivity contribution in [2.24, 2.45) is 7.05 Å². The fraction of sp³-hybridized carbons (Fsp3) is 0.600. The van der Waals surface area contributed by atoms with E-state index in [4.69, 9.17) is 0 Å². The lowest BCUT2D eigenvalue weighted by Crippen LogP contribution is -2.04. The Kier molecular flexibility index (Phi) is 5.34. The third-order valence-corrected chi connectivity index (χ3v) is 4.02. The molecule has 0 amide bonds. The summed E-state index contributed by atoms with van der Waals surface area (Å²) in [6.07, 6.45) is 0.899. The molecule has 1 heterocycles. The zero-order valence-electron chi connectivity index (χ0n) is 9.62. The van der Waals surface area contributed by atoms with E-state index >= 15 is 0 Å². The van der Waals surface area contributed by atoms with Crippen LogP contribution in [0.5, 0.6) is 0 Å². The molecule has 0 radical (unpaired) electrons. The Morgan fingerprint density at radius 3 is 2.81 bits per heavy atom. The molecule has 0 unspecified atom stereocenters. The minimum absolute atomic E-state index is 0.195. The summed E-state index contributed by atoms with van der Waals surface area (Å²) in [5.74, 6) is 0.924. The SMILES string of the molecule is CCc1nn(C)c(CSCC(=O)OC)c1Br. The van der Waals surface area contributed by atoms with Gasteiger partial charge in [0.1, 0.15) is 0 Å². The quantitative estimate of drug-likeness (QED) is 0.782. The number of hydrogen-bond donors (Lipinski definition) is 0. The Labute approximate surface area is 108 Å². The highest BCUT2D eigenvalue weighted by Gasteiger charge is 2.12. The molecule has 0 aromatic carbocycles. The van der Waals surface area contributed by atoms with Crippen molar-refractivity contribution < 1.29 is 9.53 Å². The van der Waals surface area contributed by atoms with Gasteiger partial charge in [0.15, 0.2) is 0 Å². The molecule has 1 rings (SSSR count). The zero-order chi connectivity index (χ0) is 12.1. The van der Waals surface area contributed by atoms with Gasteiger partial charge in [-0.3, -0.25) is 9.48 Å². The Balaban J connectivity index is 2.60. The second-order valence-electron chi connectivity index (χ2n) is 3.25. The molecule has 0 aliphatic rings. The molecule has 16 heavy (non-hydrogen) atoms. The third kappa shape index (κ3) is 3.25. The van der Waals surface area contributed by atoms with Crippen molar-refractivity contribution >= 4 is 33.7 Å². The van der Waals surface area contributed by atoms with E-state index in [1.54, 1.807) is 0 Å². The third-order valence-electron chi connectivity index (χ3n) is 2.19. The number of nitrogens with zero attached hydrogens (tertiary/aromatic N) is 2. The number of aryl methyl sites for hydroxylation is 2. The van der Waals surface area contributed by atoms with E-state index in [0.717, 1.165) is 28.0 Å². The molecule has 0 spiro atoms. The summed E-state index contributed by atoms with van der Waals surface area (Å²) in [5, 5.41) is 4.39. The number of carbonyl (C=O) groups excluding carboxylic acids is 1. The number of esters is 1. The van der Waals surface area contributed by atoms with E-state index < -0.39 is 0 Å². The van der Waals surface area contributed by atoms with E-state index in [2.05, 4.69) is 32.7 Å². The number of halogens is 1. The van der Waals surface area contributed by atoms with Gasteiger partial charge in [0.05, 0.1) is 28.7 Å². The summed E-state index contributed by atoms with van der Waals surface area (Å²) >= 11 is 5.06. The van der Waals surface area contributed by atoms with Gasteiger partial charge < -0.3 is 4.74 Å². The van der Waals surface area contributed by atoms with Crippen LogP contribution in [0.4, 0.5) is 0 Å². The molecule has 0 N–H and O–H groups in total. The van der Waals surface area contributed by atoms with Crippen molar-refractivity contribution in [1.29, 1.82) is 0 Å². The molecule has 0 aliphatic carbocycles. The second kappa shape index (κ2) is 6.30. The maximum atomic E-state index is 11.0. The van der Waals surface area contributed by atoms with E-state index in [-0.39, 0.29) is 5.97 Å². The first-order valence-electron chi connectivity index (χ1n) is 4.95. The minimum Gasteiger partial charge on any atom is -0.468 e. The minimum atomic E-state index is -0.195. The van der Waals surface area contributed by atoms with Crippen molar-refractivity contribution in [3.8, 4) is 0 Å². The highest BCUT2D eigenvalue weighted by atomic mass is 79.9. The lowest BCUT2D eigenvalue weighted by atomic mass is 10.3. The molecular formula is C10H15BrN2O2S. The zero-order valence-corrected chi connectivity index (χ0v) is 12.0. The molecule has 4 nitrogen and oxygen atoms in total. The predicted octanol–water partition coefficient (Wildman–Crippen LogP) is 2.15. The van der Waals surface area contributed by atoms with Gasteiger partial charge in [-0.1, -0.05) is 6.92 Å². The molecule has 0 aliphatic heterocycles. The average Bonchev–Trinajstić information content (AvgIpc) is 2.55. The van der Waals surface area contributed by atoms with E-state index in [1.807, 2.05) is 11.7 Å². The van der Waals surface area contributed by atoms with Gasteiger partial charge in [0.25, 0.3) is 0 Å². The number of hydrogen-bond acceptors (Lipinski definition) is 4. The van der Waals surface area contributed by atoms with Gasteiger partial charge in [-0.15, -0.1) is 11.8 Å². The first-order valence-corrected chi connectivity index (χ1v) is 6.89. The van der Waals surface area contributed by atoms with Crippen LogP contribution in [0, 0.1) is 0 Å². The summed E-state index contributed by atoms with van der Waals surface area (Å²) < 4.78 is 7.49. The number of ether oxygens (including phenoxy) is 1. The highest BCUT2D eigenvalue weighted by Crippen LogP contribution is 2.25. The Hall–Kier alpha value is -0.490. The smallest absolute Gasteiger partial charge is 0.315 e. The molecule has 90 valence electrons. The van der Waals surface area contributed by atoms with Crippen molar-refractivity contribution in [3.05, 3.63) is 15.9 Å². The average molecular weight is 307 g/mol. The van der Waals surface area contributed by atoms with Crippen LogP contribution < -0.4 is 0 Å².